The highest BCUT2D eigenvalue weighted by molar-refractivity contribution is 6.31. The van der Waals surface area contributed by atoms with E-state index in [9.17, 15) is 13.2 Å². The van der Waals surface area contributed by atoms with Crippen LogP contribution in [-0.4, -0.2) is 0 Å². The summed E-state index contributed by atoms with van der Waals surface area (Å²) in [6.07, 6.45) is -4.53. The Morgan fingerprint density at radius 1 is 0.537 bits per heavy atom. The number of hydrogen-bond donors (Lipinski definition) is 0. The molecule has 6 aromatic carbocycles. The third kappa shape index (κ3) is 2.89. The SMILES string of the molecule is Cc1ccc2c(c1)C(C)(C)c1c(F)cc3cc4c5c(c(F)cc6cc-2c1c3c65)C(C)(C)c1cc(C(F)(F)F)ccc1-4. The Morgan fingerprint density at radius 2 is 1.00 bits per heavy atom. The van der Waals surface area contributed by atoms with Crippen LogP contribution in [0.15, 0.2) is 60.7 Å². The van der Waals surface area contributed by atoms with E-state index in [1.54, 1.807) is 19.9 Å². The maximum Gasteiger partial charge on any atom is 0.416 e. The van der Waals surface area contributed by atoms with E-state index >= 15 is 8.78 Å². The maximum absolute atomic E-state index is 16.3. The van der Waals surface area contributed by atoms with Gasteiger partial charge in [-0.3, -0.25) is 0 Å². The van der Waals surface area contributed by atoms with Crippen LogP contribution in [0.3, 0.4) is 0 Å². The molecule has 0 heterocycles. The highest BCUT2D eigenvalue weighted by Crippen LogP contribution is 2.58. The molecule has 0 radical (unpaired) electrons. The van der Waals surface area contributed by atoms with Gasteiger partial charge in [-0.1, -0.05) is 57.5 Å². The minimum atomic E-state index is -4.53. The molecule has 0 saturated carbocycles. The lowest BCUT2D eigenvalue weighted by molar-refractivity contribution is -0.137. The van der Waals surface area contributed by atoms with Gasteiger partial charge in [-0.15, -0.1) is 0 Å². The van der Waals surface area contributed by atoms with Crippen molar-refractivity contribution < 1.29 is 22.0 Å². The molecule has 8 rings (SSSR count). The van der Waals surface area contributed by atoms with Crippen LogP contribution < -0.4 is 0 Å². The van der Waals surface area contributed by atoms with Crippen molar-refractivity contribution >= 4 is 32.3 Å². The summed E-state index contributed by atoms with van der Waals surface area (Å²) in [5.74, 6) is -0.777. The molecule has 0 aromatic heterocycles. The van der Waals surface area contributed by atoms with Crippen molar-refractivity contribution in [2.45, 2.75) is 51.6 Å². The second-order valence-corrected chi connectivity index (χ2v) is 12.8. The standard InChI is InChI=1S/C36H25F5/c1-16-6-8-20-22-11-17-14-27(38)33-31-23(21-9-7-19(36(39,40)41)15-25(21)35(33,4)5)12-18-13-26(37)32(30(22)28(18)29(17)31)34(2,3)24(20)10-16/h6-15H,1-5H3. The summed E-state index contributed by atoms with van der Waals surface area (Å²) >= 11 is 0. The minimum Gasteiger partial charge on any atom is -0.207 e. The smallest absolute Gasteiger partial charge is 0.207 e. The summed E-state index contributed by atoms with van der Waals surface area (Å²) in [5.41, 5.74) is 4.21. The third-order valence-corrected chi connectivity index (χ3v) is 9.71. The highest BCUT2D eigenvalue weighted by atomic mass is 19.4. The average molecular weight is 553 g/mol. The molecule has 0 atom stereocenters. The van der Waals surface area contributed by atoms with Crippen molar-refractivity contribution in [3.63, 3.8) is 0 Å². The highest BCUT2D eigenvalue weighted by Gasteiger charge is 2.42. The fourth-order valence-electron chi connectivity index (χ4n) is 7.90. The summed E-state index contributed by atoms with van der Waals surface area (Å²) in [7, 11) is 0. The first-order valence-corrected chi connectivity index (χ1v) is 13.7. The van der Waals surface area contributed by atoms with Gasteiger partial charge >= 0.3 is 6.18 Å². The van der Waals surface area contributed by atoms with Crippen LogP contribution in [0.4, 0.5) is 22.0 Å². The molecule has 5 heteroatoms. The molecule has 0 saturated heterocycles. The maximum atomic E-state index is 16.3. The lowest BCUT2D eigenvalue weighted by atomic mass is 9.64. The van der Waals surface area contributed by atoms with E-state index in [1.165, 1.54) is 12.1 Å². The number of halogens is 5. The molecular weight excluding hydrogens is 527 g/mol. The molecule has 204 valence electrons. The zero-order valence-corrected chi connectivity index (χ0v) is 23.2. The quantitative estimate of drug-likeness (QED) is 0.130. The van der Waals surface area contributed by atoms with E-state index in [4.69, 9.17) is 0 Å². The minimum absolute atomic E-state index is 0.323. The van der Waals surface area contributed by atoms with Crippen LogP contribution in [0.1, 0.15) is 61.1 Å². The zero-order chi connectivity index (χ0) is 29.0. The number of aryl methyl sites for hydroxylation is 1. The Bertz CT molecular complexity index is 2160. The molecule has 0 unspecified atom stereocenters. The van der Waals surface area contributed by atoms with E-state index in [0.29, 0.717) is 44.0 Å². The van der Waals surface area contributed by atoms with E-state index < -0.39 is 28.4 Å². The molecule has 0 amide bonds. The fraction of sp³-hybridized carbons (Fsp3) is 0.222. The summed E-state index contributed by atoms with van der Waals surface area (Å²) in [6, 6.07) is 16.8. The first-order valence-electron chi connectivity index (χ1n) is 13.7. The molecule has 0 spiro atoms. The first-order chi connectivity index (χ1) is 19.2. The van der Waals surface area contributed by atoms with Crippen LogP contribution in [0.5, 0.6) is 0 Å². The monoisotopic (exact) mass is 552 g/mol. The molecule has 0 aliphatic heterocycles. The molecular formula is C36H25F5. The number of rotatable bonds is 0. The van der Waals surface area contributed by atoms with Crippen LogP contribution in [-0.2, 0) is 17.0 Å². The average Bonchev–Trinajstić information content (AvgIpc) is 2.88. The van der Waals surface area contributed by atoms with Crippen LogP contribution in [0.25, 0.3) is 54.6 Å². The van der Waals surface area contributed by atoms with Crippen LogP contribution in [0.2, 0.25) is 0 Å². The Hall–Kier alpha value is -3.99. The molecule has 0 nitrogen and oxygen atoms in total. The van der Waals surface area contributed by atoms with E-state index in [0.717, 1.165) is 50.5 Å². The molecule has 41 heavy (non-hydrogen) atoms. The predicted octanol–water partition coefficient (Wildman–Crippen LogP) is 10.8. The zero-order valence-electron chi connectivity index (χ0n) is 23.2. The topological polar surface area (TPSA) is 0 Å². The molecule has 0 bridgehead atoms. The molecule has 2 aliphatic rings. The van der Waals surface area contributed by atoms with Gasteiger partial charge in [0.05, 0.1) is 5.56 Å². The molecule has 2 aliphatic carbocycles. The second kappa shape index (κ2) is 7.25. The number of alkyl halides is 3. The Balaban J connectivity index is 1.61. The van der Waals surface area contributed by atoms with Gasteiger partial charge in [0, 0.05) is 22.0 Å². The van der Waals surface area contributed by atoms with Gasteiger partial charge in [0.1, 0.15) is 11.6 Å². The largest absolute Gasteiger partial charge is 0.416 e. The van der Waals surface area contributed by atoms with Gasteiger partial charge in [0.2, 0.25) is 0 Å². The number of hydrogen-bond acceptors (Lipinski definition) is 0. The van der Waals surface area contributed by atoms with Crippen molar-refractivity contribution in [1.29, 1.82) is 0 Å². The van der Waals surface area contributed by atoms with Crippen molar-refractivity contribution in [3.05, 3.63) is 106 Å². The van der Waals surface area contributed by atoms with Gasteiger partial charge < -0.3 is 0 Å². The van der Waals surface area contributed by atoms with E-state index in [1.807, 2.05) is 39.0 Å². The predicted molar refractivity (Wildman–Crippen MR) is 155 cm³/mol. The summed E-state index contributed by atoms with van der Waals surface area (Å²) < 4.78 is 73.8. The van der Waals surface area contributed by atoms with Gasteiger partial charge in [0.25, 0.3) is 0 Å². The van der Waals surface area contributed by atoms with Gasteiger partial charge in [-0.25, -0.2) is 8.78 Å². The van der Waals surface area contributed by atoms with Crippen molar-refractivity contribution in [2.24, 2.45) is 0 Å². The fourth-order valence-corrected chi connectivity index (χ4v) is 7.90. The van der Waals surface area contributed by atoms with E-state index in [2.05, 4.69) is 12.1 Å². The Morgan fingerprint density at radius 3 is 1.49 bits per heavy atom. The Labute approximate surface area is 233 Å². The van der Waals surface area contributed by atoms with Crippen molar-refractivity contribution in [2.75, 3.05) is 0 Å². The van der Waals surface area contributed by atoms with Crippen LogP contribution >= 0.6 is 0 Å². The molecule has 6 aromatic rings. The molecule has 0 N–H and O–H groups in total. The number of benzene rings is 6. The summed E-state index contributed by atoms with van der Waals surface area (Å²) in [5, 5.41) is 4.59. The molecule has 0 fully saturated rings. The normalized spacial score (nSPS) is 16.4. The summed E-state index contributed by atoms with van der Waals surface area (Å²) in [6.45, 7) is 9.67. The van der Waals surface area contributed by atoms with E-state index in [-0.39, 0.29) is 5.82 Å². The lowest BCUT2D eigenvalue weighted by Gasteiger charge is -2.39. The summed E-state index contributed by atoms with van der Waals surface area (Å²) in [4.78, 5) is 0. The first kappa shape index (κ1) is 24.8. The second-order valence-electron chi connectivity index (χ2n) is 12.8. The van der Waals surface area contributed by atoms with Gasteiger partial charge in [-0.2, -0.15) is 13.2 Å². The van der Waals surface area contributed by atoms with Gasteiger partial charge in [-0.05, 0) is 109 Å². The Kier molecular flexibility index (Phi) is 4.38. The lowest BCUT2D eigenvalue weighted by Crippen LogP contribution is -2.27. The van der Waals surface area contributed by atoms with Crippen molar-refractivity contribution in [3.8, 4) is 22.3 Å². The third-order valence-electron chi connectivity index (χ3n) is 9.71. The number of fused-ring (bicyclic) bond motifs is 4. The van der Waals surface area contributed by atoms with Gasteiger partial charge in [0.15, 0.2) is 0 Å². The van der Waals surface area contributed by atoms with Crippen LogP contribution in [0, 0.1) is 18.6 Å². The van der Waals surface area contributed by atoms with Crippen molar-refractivity contribution in [1.82, 2.24) is 0 Å².